The summed E-state index contributed by atoms with van der Waals surface area (Å²) >= 11 is 0. The fourth-order valence-electron chi connectivity index (χ4n) is 1.28. The van der Waals surface area contributed by atoms with Gasteiger partial charge in [-0.3, -0.25) is 4.79 Å². The lowest BCUT2D eigenvalue weighted by Crippen LogP contribution is -2.22. The van der Waals surface area contributed by atoms with Gasteiger partial charge in [-0.2, -0.15) is 0 Å². The molecule has 0 spiro atoms. The van der Waals surface area contributed by atoms with Crippen LogP contribution >= 0.6 is 0 Å². The van der Waals surface area contributed by atoms with Crippen LogP contribution in [0.2, 0.25) is 0 Å². The molecule has 0 aliphatic heterocycles. The molecule has 72 valence electrons. The SMILES string of the molecule is CCCC(C(=O)OCC)C(C)C. The van der Waals surface area contributed by atoms with Crippen LogP contribution in [0.15, 0.2) is 0 Å². The normalized spacial score (nSPS) is 13.1. The maximum Gasteiger partial charge on any atom is 0.309 e. The second kappa shape index (κ2) is 6.04. The van der Waals surface area contributed by atoms with Crippen LogP contribution in [0.25, 0.3) is 0 Å². The lowest BCUT2D eigenvalue weighted by atomic mass is 9.92. The molecule has 2 nitrogen and oxygen atoms in total. The third-order valence-electron chi connectivity index (χ3n) is 1.99. The molecular weight excluding hydrogens is 152 g/mol. The van der Waals surface area contributed by atoms with Crippen molar-refractivity contribution in [2.24, 2.45) is 11.8 Å². The van der Waals surface area contributed by atoms with Gasteiger partial charge in [0.05, 0.1) is 12.5 Å². The van der Waals surface area contributed by atoms with Crippen molar-refractivity contribution in [3.8, 4) is 0 Å². The van der Waals surface area contributed by atoms with Crippen LogP contribution in [0.3, 0.4) is 0 Å². The number of rotatable bonds is 5. The Kier molecular flexibility index (Phi) is 5.77. The highest BCUT2D eigenvalue weighted by Gasteiger charge is 2.21. The summed E-state index contributed by atoms with van der Waals surface area (Å²) in [6, 6.07) is 0. The molecule has 0 aromatic heterocycles. The second-order valence-corrected chi connectivity index (χ2v) is 3.39. The molecule has 0 bridgehead atoms. The van der Waals surface area contributed by atoms with Crippen molar-refractivity contribution >= 4 is 5.97 Å². The molecule has 0 aliphatic carbocycles. The van der Waals surface area contributed by atoms with Crippen LogP contribution in [-0.4, -0.2) is 12.6 Å². The number of carbonyl (C=O) groups is 1. The van der Waals surface area contributed by atoms with E-state index in [2.05, 4.69) is 20.8 Å². The quantitative estimate of drug-likeness (QED) is 0.596. The van der Waals surface area contributed by atoms with Crippen molar-refractivity contribution in [2.45, 2.75) is 40.5 Å². The molecule has 0 heterocycles. The third-order valence-corrected chi connectivity index (χ3v) is 1.99. The van der Waals surface area contributed by atoms with Gasteiger partial charge in [-0.25, -0.2) is 0 Å². The van der Waals surface area contributed by atoms with Crippen molar-refractivity contribution in [3.63, 3.8) is 0 Å². The molecule has 0 aliphatic rings. The average Bonchev–Trinajstić information content (AvgIpc) is 1.99. The number of ether oxygens (including phenoxy) is 1. The van der Waals surface area contributed by atoms with Gasteiger partial charge in [0.1, 0.15) is 0 Å². The van der Waals surface area contributed by atoms with Crippen molar-refractivity contribution in [2.75, 3.05) is 6.61 Å². The van der Waals surface area contributed by atoms with E-state index in [0.29, 0.717) is 12.5 Å². The van der Waals surface area contributed by atoms with Crippen molar-refractivity contribution in [1.82, 2.24) is 0 Å². The molecule has 0 aromatic rings. The Morgan fingerprint density at radius 1 is 1.33 bits per heavy atom. The minimum absolute atomic E-state index is 0.0330. The summed E-state index contributed by atoms with van der Waals surface area (Å²) in [5.74, 6) is 0.452. The molecule has 2 heteroatoms. The van der Waals surface area contributed by atoms with Crippen molar-refractivity contribution < 1.29 is 9.53 Å². The molecule has 0 fully saturated rings. The highest BCUT2D eigenvalue weighted by atomic mass is 16.5. The fraction of sp³-hybridized carbons (Fsp3) is 0.900. The van der Waals surface area contributed by atoms with Crippen LogP contribution in [0.5, 0.6) is 0 Å². The molecular formula is C10H20O2. The van der Waals surface area contributed by atoms with Gasteiger partial charge in [0.15, 0.2) is 0 Å². The molecule has 0 radical (unpaired) electrons. The van der Waals surface area contributed by atoms with Gasteiger partial charge < -0.3 is 4.74 Å². The average molecular weight is 172 g/mol. The minimum atomic E-state index is -0.0330. The Labute approximate surface area is 75.3 Å². The van der Waals surface area contributed by atoms with E-state index in [-0.39, 0.29) is 11.9 Å². The Balaban J connectivity index is 4.00. The highest BCUT2D eigenvalue weighted by molar-refractivity contribution is 5.72. The first-order valence-corrected chi connectivity index (χ1v) is 4.80. The topological polar surface area (TPSA) is 26.3 Å². The maximum absolute atomic E-state index is 11.4. The zero-order valence-corrected chi connectivity index (χ0v) is 8.59. The van der Waals surface area contributed by atoms with Crippen LogP contribution in [0, 0.1) is 11.8 Å². The Morgan fingerprint density at radius 3 is 2.25 bits per heavy atom. The van der Waals surface area contributed by atoms with Gasteiger partial charge in [-0.05, 0) is 19.3 Å². The predicted molar refractivity (Wildman–Crippen MR) is 49.9 cm³/mol. The number of hydrogen-bond acceptors (Lipinski definition) is 2. The van der Waals surface area contributed by atoms with E-state index >= 15 is 0 Å². The Bertz CT molecular complexity index is 130. The lowest BCUT2D eigenvalue weighted by molar-refractivity contribution is -0.149. The predicted octanol–water partition coefficient (Wildman–Crippen LogP) is 2.62. The van der Waals surface area contributed by atoms with Crippen molar-refractivity contribution in [1.29, 1.82) is 0 Å². The summed E-state index contributed by atoms with van der Waals surface area (Å²) in [5, 5.41) is 0. The van der Waals surface area contributed by atoms with Gasteiger partial charge >= 0.3 is 5.97 Å². The van der Waals surface area contributed by atoms with E-state index in [1.807, 2.05) is 6.92 Å². The summed E-state index contributed by atoms with van der Waals surface area (Å²) in [5.41, 5.74) is 0. The maximum atomic E-state index is 11.4. The Morgan fingerprint density at radius 2 is 1.92 bits per heavy atom. The molecule has 1 atom stereocenters. The zero-order valence-electron chi connectivity index (χ0n) is 8.59. The summed E-state index contributed by atoms with van der Waals surface area (Å²) < 4.78 is 4.98. The highest BCUT2D eigenvalue weighted by Crippen LogP contribution is 2.18. The van der Waals surface area contributed by atoms with E-state index in [1.54, 1.807) is 0 Å². The van der Waals surface area contributed by atoms with Crippen LogP contribution in [0.1, 0.15) is 40.5 Å². The first-order chi connectivity index (χ1) is 5.63. The summed E-state index contributed by atoms with van der Waals surface area (Å²) in [6.45, 7) is 8.57. The van der Waals surface area contributed by atoms with Crippen LogP contribution in [0.4, 0.5) is 0 Å². The molecule has 0 saturated carbocycles. The third kappa shape index (κ3) is 3.74. The molecule has 1 unspecified atom stereocenters. The van der Waals surface area contributed by atoms with Gasteiger partial charge in [0.25, 0.3) is 0 Å². The largest absolute Gasteiger partial charge is 0.466 e. The van der Waals surface area contributed by atoms with E-state index in [1.165, 1.54) is 0 Å². The molecule has 12 heavy (non-hydrogen) atoms. The lowest BCUT2D eigenvalue weighted by Gasteiger charge is -2.17. The van der Waals surface area contributed by atoms with E-state index < -0.39 is 0 Å². The van der Waals surface area contributed by atoms with E-state index in [9.17, 15) is 4.79 Å². The van der Waals surface area contributed by atoms with Crippen molar-refractivity contribution in [3.05, 3.63) is 0 Å². The van der Waals surface area contributed by atoms with Gasteiger partial charge in [0, 0.05) is 0 Å². The summed E-state index contributed by atoms with van der Waals surface area (Å²) in [4.78, 5) is 11.4. The first-order valence-electron chi connectivity index (χ1n) is 4.80. The second-order valence-electron chi connectivity index (χ2n) is 3.39. The van der Waals surface area contributed by atoms with Gasteiger partial charge in [-0.15, -0.1) is 0 Å². The molecule has 0 amide bonds. The van der Waals surface area contributed by atoms with Crippen LogP contribution in [-0.2, 0) is 9.53 Å². The first kappa shape index (κ1) is 11.5. The Hall–Kier alpha value is -0.530. The summed E-state index contributed by atoms with van der Waals surface area (Å²) in [6.07, 6.45) is 1.98. The molecule has 0 saturated heterocycles. The monoisotopic (exact) mass is 172 g/mol. The molecule has 0 aromatic carbocycles. The minimum Gasteiger partial charge on any atom is -0.466 e. The standard InChI is InChI=1S/C10H20O2/c1-5-7-9(8(3)4)10(11)12-6-2/h8-9H,5-7H2,1-4H3. The number of hydrogen-bond donors (Lipinski definition) is 0. The van der Waals surface area contributed by atoms with Gasteiger partial charge in [0.2, 0.25) is 0 Å². The van der Waals surface area contributed by atoms with E-state index in [4.69, 9.17) is 4.74 Å². The smallest absolute Gasteiger partial charge is 0.309 e. The van der Waals surface area contributed by atoms with Crippen LogP contribution < -0.4 is 0 Å². The molecule has 0 rings (SSSR count). The fourth-order valence-corrected chi connectivity index (χ4v) is 1.28. The number of esters is 1. The summed E-state index contributed by atoms with van der Waals surface area (Å²) in [7, 11) is 0. The number of carbonyl (C=O) groups excluding carboxylic acids is 1. The zero-order chi connectivity index (χ0) is 9.56. The molecule has 0 N–H and O–H groups in total. The van der Waals surface area contributed by atoms with E-state index in [0.717, 1.165) is 12.8 Å². The van der Waals surface area contributed by atoms with Gasteiger partial charge in [-0.1, -0.05) is 27.2 Å².